The molecule has 2 aromatic carbocycles. The molecule has 4 fully saturated rings. The molecule has 1 heterocycles. The maximum atomic E-state index is 14.3. The van der Waals surface area contributed by atoms with Gasteiger partial charge in [-0.05, 0) is 55.7 Å². The normalized spacial score (nSPS) is 42.4. The summed E-state index contributed by atoms with van der Waals surface area (Å²) in [5.74, 6) is -7.64. The van der Waals surface area contributed by atoms with Gasteiger partial charge in [-0.25, -0.2) is 0 Å². The van der Waals surface area contributed by atoms with Crippen LogP contribution in [0.1, 0.15) is 55.5 Å². The van der Waals surface area contributed by atoms with Crippen LogP contribution in [-0.4, -0.2) is 71.4 Å². The van der Waals surface area contributed by atoms with Crippen molar-refractivity contribution in [2.75, 3.05) is 0 Å². The zero-order valence-corrected chi connectivity index (χ0v) is 20.8. The number of fused-ring (bicyclic) bond motifs is 3. The van der Waals surface area contributed by atoms with E-state index in [9.17, 15) is 45.0 Å². The largest absolute Gasteiger partial charge is 0.508 e. The molecule has 10 nitrogen and oxygen atoms in total. The Bertz CT molecular complexity index is 1670. The summed E-state index contributed by atoms with van der Waals surface area (Å²) < 4.78 is 6.15. The van der Waals surface area contributed by atoms with Gasteiger partial charge >= 0.3 is 0 Å². The monoisotopic (exact) mass is 532 g/mol. The van der Waals surface area contributed by atoms with Crippen LogP contribution in [0.5, 0.6) is 11.5 Å². The van der Waals surface area contributed by atoms with Crippen LogP contribution in [0.25, 0.3) is 5.76 Å². The minimum Gasteiger partial charge on any atom is -0.508 e. The van der Waals surface area contributed by atoms with Crippen molar-refractivity contribution in [3.8, 4) is 11.5 Å². The number of phenols is 2. The molecule has 200 valence electrons. The van der Waals surface area contributed by atoms with Gasteiger partial charge in [-0.2, -0.15) is 0 Å². The van der Waals surface area contributed by atoms with E-state index in [1.807, 2.05) is 0 Å². The van der Waals surface area contributed by atoms with Gasteiger partial charge < -0.3 is 35.4 Å². The SMILES string of the molecule is Cc1cc(O)c2c(c1)C(=O)[C@]13C[C@H](O)[C@@H]4[C@@H]1[C@@H](O)[C@H](C(=O)C3=C2O)[C@@]12O[C@@]41C(=O)c1cc(C)cc(O)c1[C@H]2O. The first kappa shape index (κ1) is 23.3. The summed E-state index contributed by atoms with van der Waals surface area (Å²) in [6, 6.07) is 5.66. The number of aliphatic hydroxyl groups is 4. The molecule has 1 saturated heterocycles. The van der Waals surface area contributed by atoms with E-state index < -0.39 is 81.5 Å². The fourth-order valence-corrected chi connectivity index (χ4v) is 9.20. The second-order valence-corrected chi connectivity index (χ2v) is 12.0. The number of rotatable bonds is 0. The van der Waals surface area contributed by atoms with E-state index in [1.54, 1.807) is 13.8 Å². The van der Waals surface area contributed by atoms with E-state index in [2.05, 4.69) is 0 Å². The Morgan fingerprint density at radius 3 is 2.18 bits per heavy atom. The number of epoxide rings is 1. The van der Waals surface area contributed by atoms with Crippen molar-refractivity contribution in [1.29, 1.82) is 0 Å². The predicted octanol–water partition coefficient (Wildman–Crippen LogP) is 1.17. The molecule has 3 saturated carbocycles. The van der Waals surface area contributed by atoms with Gasteiger partial charge in [0.25, 0.3) is 0 Å². The Balaban J connectivity index is 1.46. The average molecular weight is 533 g/mol. The third-order valence-electron chi connectivity index (χ3n) is 10.3. The Kier molecular flexibility index (Phi) is 3.84. The number of ether oxygens (including phenoxy) is 1. The smallest absolute Gasteiger partial charge is 0.198 e. The van der Waals surface area contributed by atoms with Gasteiger partial charge in [0, 0.05) is 28.5 Å². The van der Waals surface area contributed by atoms with Crippen molar-refractivity contribution in [2.24, 2.45) is 23.2 Å². The van der Waals surface area contributed by atoms with Crippen molar-refractivity contribution < 1.29 is 49.8 Å². The van der Waals surface area contributed by atoms with Crippen LogP contribution in [0.4, 0.5) is 0 Å². The summed E-state index contributed by atoms with van der Waals surface area (Å²) in [5.41, 5.74) is -5.56. The zero-order valence-electron chi connectivity index (χ0n) is 20.8. The fraction of sp³-hybridized carbons (Fsp3) is 0.414. The van der Waals surface area contributed by atoms with Gasteiger partial charge in [-0.15, -0.1) is 0 Å². The summed E-state index contributed by atoms with van der Waals surface area (Å²) in [7, 11) is 0. The van der Waals surface area contributed by atoms with Gasteiger partial charge in [0.15, 0.2) is 23.0 Å². The Morgan fingerprint density at radius 1 is 0.846 bits per heavy atom. The minimum atomic E-state index is -2.04. The summed E-state index contributed by atoms with van der Waals surface area (Å²) in [6.07, 6.45) is -5.16. The van der Waals surface area contributed by atoms with Crippen molar-refractivity contribution in [3.63, 3.8) is 0 Å². The second-order valence-electron chi connectivity index (χ2n) is 12.0. The van der Waals surface area contributed by atoms with Crippen LogP contribution in [0.15, 0.2) is 29.8 Å². The Hall–Kier alpha value is -3.57. The topological polar surface area (TPSA) is 185 Å². The number of allylic oxidation sites excluding steroid dienone is 1. The Morgan fingerprint density at radius 2 is 1.49 bits per heavy atom. The van der Waals surface area contributed by atoms with Crippen LogP contribution in [0, 0.1) is 37.0 Å². The lowest BCUT2D eigenvalue weighted by atomic mass is 9.44. The number of phenolic OH excluding ortho intramolecular Hbond substituents is 2. The standard InChI is InChI=1S/C29H24O10/c1-8-3-10-15(12(30)5-8)21(33)19-23(35)20-22(34)18-17(14(32)7-27(18,19)24(10)36)28-25(37)11-4-9(2)6-13(31)16(11)26(38)29(20,28)39-28/h3-6,14,17-18,20,22,26,30-34,38H,7H2,1-2H3/t14-,17+,18+,20+,22+,26+,27+,28+,29-/m0/s1. The highest BCUT2D eigenvalue weighted by molar-refractivity contribution is 6.22. The highest BCUT2D eigenvalue weighted by atomic mass is 16.7. The number of aliphatic hydroxyl groups excluding tert-OH is 4. The van der Waals surface area contributed by atoms with Gasteiger partial charge in [0.2, 0.25) is 0 Å². The fourth-order valence-electron chi connectivity index (χ4n) is 9.20. The lowest BCUT2D eigenvalue weighted by Gasteiger charge is -2.55. The predicted molar refractivity (Wildman–Crippen MR) is 130 cm³/mol. The molecule has 0 aromatic heterocycles. The van der Waals surface area contributed by atoms with Crippen LogP contribution < -0.4 is 0 Å². The molecule has 2 aromatic rings. The molecule has 9 atom stereocenters. The molecule has 0 radical (unpaired) electrons. The lowest BCUT2D eigenvalue weighted by molar-refractivity contribution is -0.148. The molecule has 1 aliphatic heterocycles. The van der Waals surface area contributed by atoms with Gasteiger partial charge in [-0.1, -0.05) is 0 Å². The van der Waals surface area contributed by atoms with Crippen LogP contribution in [0.2, 0.25) is 0 Å². The molecule has 2 bridgehead atoms. The maximum Gasteiger partial charge on any atom is 0.198 e. The number of carbonyl (C=O) groups excluding carboxylic acids is 3. The number of aryl methyl sites for hydroxylation is 2. The van der Waals surface area contributed by atoms with E-state index in [0.717, 1.165) is 0 Å². The van der Waals surface area contributed by atoms with Crippen molar-refractivity contribution in [2.45, 2.75) is 49.8 Å². The van der Waals surface area contributed by atoms with Crippen LogP contribution >= 0.6 is 0 Å². The molecule has 6 N–H and O–H groups in total. The highest BCUT2D eigenvalue weighted by Gasteiger charge is 2.95. The number of aromatic hydroxyl groups is 2. The van der Waals surface area contributed by atoms with Crippen LogP contribution in [-0.2, 0) is 9.53 Å². The van der Waals surface area contributed by atoms with Crippen molar-refractivity contribution in [3.05, 3.63) is 63.2 Å². The zero-order chi connectivity index (χ0) is 27.7. The highest BCUT2D eigenvalue weighted by Crippen LogP contribution is 2.80. The van der Waals surface area contributed by atoms with Crippen molar-refractivity contribution >= 4 is 23.1 Å². The molecule has 6 aliphatic rings. The van der Waals surface area contributed by atoms with Gasteiger partial charge in [-0.3, -0.25) is 14.4 Å². The summed E-state index contributed by atoms with van der Waals surface area (Å²) in [4.78, 5) is 42.8. The summed E-state index contributed by atoms with van der Waals surface area (Å²) in [5, 5.41) is 67.8. The number of benzene rings is 2. The second kappa shape index (κ2) is 6.42. The molecule has 8 rings (SSSR count). The summed E-state index contributed by atoms with van der Waals surface area (Å²) >= 11 is 0. The number of carbonyl (C=O) groups is 3. The molecular weight excluding hydrogens is 508 g/mol. The maximum absolute atomic E-state index is 14.3. The first-order chi connectivity index (χ1) is 18.4. The third kappa shape index (κ3) is 2.06. The lowest BCUT2D eigenvalue weighted by Crippen LogP contribution is -2.69. The quantitative estimate of drug-likeness (QED) is 0.269. The number of hydrogen-bond acceptors (Lipinski definition) is 10. The van der Waals surface area contributed by atoms with Gasteiger partial charge in [0.05, 0.1) is 34.7 Å². The number of hydrogen-bond donors (Lipinski definition) is 6. The molecule has 39 heavy (non-hydrogen) atoms. The first-order valence-corrected chi connectivity index (χ1v) is 12.9. The molecule has 10 heteroatoms. The minimum absolute atomic E-state index is 0.0114. The molecular formula is C29H24O10. The first-order valence-electron chi connectivity index (χ1n) is 12.9. The molecule has 0 amide bonds. The van der Waals surface area contributed by atoms with Gasteiger partial charge in [0.1, 0.15) is 29.0 Å². The van der Waals surface area contributed by atoms with Crippen molar-refractivity contribution in [1.82, 2.24) is 0 Å². The van der Waals surface area contributed by atoms with E-state index >= 15 is 0 Å². The van der Waals surface area contributed by atoms with E-state index in [-0.39, 0.29) is 40.0 Å². The van der Waals surface area contributed by atoms with E-state index in [4.69, 9.17) is 4.74 Å². The molecule has 0 unspecified atom stereocenters. The summed E-state index contributed by atoms with van der Waals surface area (Å²) in [6.45, 7) is 3.30. The average Bonchev–Trinajstić information content (AvgIpc) is 3.45. The molecule has 1 spiro atoms. The van der Waals surface area contributed by atoms with E-state index in [1.165, 1.54) is 24.3 Å². The number of ketones is 3. The third-order valence-corrected chi connectivity index (χ3v) is 10.3. The van der Waals surface area contributed by atoms with E-state index in [0.29, 0.717) is 11.1 Å². The number of Topliss-reactive ketones (excluding diaryl/α,β-unsaturated/α-hetero) is 3. The van der Waals surface area contributed by atoms with Crippen LogP contribution in [0.3, 0.4) is 0 Å². The Labute approximate surface area is 220 Å². The molecule has 5 aliphatic carbocycles.